The number of amidine groups is 1. The molecule has 5 heteroatoms. The Morgan fingerprint density at radius 2 is 1.63 bits per heavy atom. The minimum absolute atomic E-state index is 0.279. The van der Waals surface area contributed by atoms with E-state index in [-0.39, 0.29) is 6.04 Å². The molecule has 3 aromatic rings. The maximum absolute atomic E-state index is 5.99. The zero-order valence-corrected chi connectivity index (χ0v) is 17.7. The Hall–Kier alpha value is -2.05. The molecule has 1 fully saturated rings. The molecule has 136 valence electrons. The lowest BCUT2D eigenvalue weighted by atomic mass is 9.92. The predicted octanol–water partition coefficient (Wildman–Crippen LogP) is 6.63. The van der Waals surface area contributed by atoms with E-state index in [2.05, 4.69) is 63.9 Å². The summed E-state index contributed by atoms with van der Waals surface area (Å²) in [6, 6.07) is 24.7. The van der Waals surface area contributed by atoms with Gasteiger partial charge in [0.1, 0.15) is 11.6 Å². The minimum Gasteiger partial charge on any atom is -0.497 e. The summed E-state index contributed by atoms with van der Waals surface area (Å²) in [6.07, 6.45) is 0.898. The van der Waals surface area contributed by atoms with Crippen LogP contribution in [-0.4, -0.2) is 12.9 Å². The summed E-state index contributed by atoms with van der Waals surface area (Å²) in [5, 5.41) is 0.719. The monoisotopic (exact) mass is 488 g/mol. The van der Waals surface area contributed by atoms with E-state index in [1.165, 1.54) is 9.13 Å². The Labute approximate surface area is 177 Å². The molecule has 3 aromatic carbocycles. The van der Waals surface area contributed by atoms with Gasteiger partial charge < -0.3 is 9.64 Å². The van der Waals surface area contributed by atoms with Crippen molar-refractivity contribution in [2.75, 3.05) is 12.0 Å². The molecule has 3 nitrogen and oxygen atoms in total. The van der Waals surface area contributed by atoms with Gasteiger partial charge in [-0.2, -0.15) is 0 Å². The van der Waals surface area contributed by atoms with E-state index in [1.54, 1.807) is 7.11 Å². The maximum Gasteiger partial charge on any atom is 0.119 e. The Bertz CT molecular complexity index is 953. The van der Waals surface area contributed by atoms with Crippen molar-refractivity contribution in [3.8, 4) is 5.75 Å². The van der Waals surface area contributed by atoms with Crippen LogP contribution in [0.3, 0.4) is 0 Å². The number of hydrogen-bond donors (Lipinski definition) is 0. The number of halogens is 2. The lowest BCUT2D eigenvalue weighted by molar-refractivity contribution is 0.415. The first-order valence-corrected chi connectivity index (χ1v) is 10.1. The number of methoxy groups -OCH3 is 1. The second-order valence-electron chi connectivity index (χ2n) is 6.34. The summed E-state index contributed by atoms with van der Waals surface area (Å²) in [5.74, 6) is 1.90. The molecule has 1 atom stereocenters. The van der Waals surface area contributed by atoms with Crippen LogP contribution in [0.2, 0.25) is 5.02 Å². The number of nitrogens with zero attached hydrogens (tertiary/aromatic N) is 2. The third-order valence-electron chi connectivity index (χ3n) is 4.66. The number of aliphatic imine (C=N–C) groups is 1. The summed E-state index contributed by atoms with van der Waals surface area (Å²) in [4.78, 5) is 7.14. The first-order valence-electron chi connectivity index (χ1n) is 8.66. The van der Waals surface area contributed by atoms with Crippen molar-refractivity contribution >= 4 is 51.4 Å². The number of benzene rings is 3. The zero-order chi connectivity index (χ0) is 18.8. The normalized spacial score (nSPS) is 17.7. The van der Waals surface area contributed by atoms with Crippen molar-refractivity contribution in [1.82, 2.24) is 0 Å². The van der Waals surface area contributed by atoms with Crippen molar-refractivity contribution in [1.29, 1.82) is 0 Å². The minimum atomic E-state index is 0.279. The number of anilines is 1. The third kappa shape index (κ3) is 3.96. The Kier molecular flexibility index (Phi) is 5.36. The fraction of sp³-hybridized carbons (Fsp3) is 0.136. The lowest BCUT2D eigenvalue weighted by Gasteiger charge is -2.44. The highest BCUT2D eigenvalue weighted by molar-refractivity contribution is 14.1. The van der Waals surface area contributed by atoms with E-state index >= 15 is 0 Å². The lowest BCUT2D eigenvalue weighted by Crippen LogP contribution is -2.46. The highest BCUT2D eigenvalue weighted by Crippen LogP contribution is 2.41. The van der Waals surface area contributed by atoms with Gasteiger partial charge in [-0.15, -0.1) is 0 Å². The molecule has 0 spiro atoms. The van der Waals surface area contributed by atoms with Gasteiger partial charge in [0.05, 0.1) is 18.8 Å². The summed E-state index contributed by atoms with van der Waals surface area (Å²) in [6.45, 7) is 0. The SMILES string of the molecule is COc1ccc(N2C(=Nc3ccc(Cl)cc3)CC2c2ccc(I)cc2)cc1. The molecule has 0 aliphatic carbocycles. The summed E-state index contributed by atoms with van der Waals surface area (Å²) in [5.41, 5.74) is 3.31. The molecular weight excluding hydrogens is 471 g/mol. The standard InChI is InChI=1S/C22H18ClIN2O/c1-27-20-12-10-19(11-13-20)26-21(15-2-6-17(24)7-3-15)14-22(26)25-18-8-4-16(23)5-9-18/h2-13,21H,14H2,1H3. The first-order chi connectivity index (χ1) is 13.1. The van der Waals surface area contributed by atoms with Crippen LogP contribution in [-0.2, 0) is 0 Å². The molecule has 0 N–H and O–H groups in total. The molecular formula is C22H18ClIN2O. The smallest absolute Gasteiger partial charge is 0.119 e. The number of hydrogen-bond acceptors (Lipinski definition) is 2. The van der Waals surface area contributed by atoms with Gasteiger partial charge >= 0.3 is 0 Å². The van der Waals surface area contributed by atoms with Gasteiger partial charge in [-0.05, 0) is 88.8 Å². The van der Waals surface area contributed by atoms with Gasteiger partial charge in [-0.25, -0.2) is 4.99 Å². The zero-order valence-electron chi connectivity index (χ0n) is 14.8. The quantitative estimate of drug-likeness (QED) is 0.385. The van der Waals surface area contributed by atoms with Gasteiger partial charge in [0.15, 0.2) is 0 Å². The van der Waals surface area contributed by atoms with Crippen LogP contribution in [0, 0.1) is 3.57 Å². The average molecular weight is 489 g/mol. The Morgan fingerprint density at radius 3 is 2.26 bits per heavy atom. The van der Waals surface area contributed by atoms with Crippen molar-refractivity contribution in [2.45, 2.75) is 12.5 Å². The van der Waals surface area contributed by atoms with Gasteiger partial charge in [-0.1, -0.05) is 23.7 Å². The highest BCUT2D eigenvalue weighted by Gasteiger charge is 2.36. The van der Waals surface area contributed by atoms with Gasteiger partial charge in [-0.3, -0.25) is 0 Å². The van der Waals surface area contributed by atoms with Crippen LogP contribution >= 0.6 is 34.2 Å². The molecule has 0 bridgehead atoms. The molecule has 1 saturated heterocycles. The van der Waals surface area contributed by atoms with E-state index in [0.29, 0.717) is 0 Å². The number of ether oxygens (including phenoxy) is 1. The second-order valence-corrected chi connectivity index (χ2v) is 8.03. The molecule has 1 heterocycles. The van der Waals surface area contributed by atoms with E-state index in [0.717, 1.165) is 34.4 Å². The van der Waals surface area contributed by atoms with E-state index in [1.807, 2.05) is 36.4 Å². The van der Waals surface area contributed by atoms with E-state index in [4.69, 9.17) is 21.3 Å². The van der Waals surface area contributed by atoms with Crippen LogP contribution in [0.25, 0.3) is 0 Å². The average Bonchev–Trinajstić information content (AvgIpc) is 2.68. The largest absolute Gasteiger partial charge is 0.497 e. The topological polar surface area (TPSA) is 24.8 Å². The molecule has 27 heavy (non-hydrogen) atoms. The van der Waals surface area contributed by atoms with E-state index < -0.39 is 0 Å². The molecule has 1 aliphatic heterocycles. The highest BCUT2D eigenvalue weighted by atomic mass is 127. The molecule has 0 amide bonds. The molecule has 0 saturated carbocycles. The Morgan fingerprint density at radius 1 is 0.963 bits per heavy atom. The van der Waals surface area contributed by atoms with Gasteiger partial charge in [0, 0.05) is 20.7 Å². The van der Waals surface area contributed by atoms with Crippen LogP contribution in [0.4, 0.5) is 11.4 Å². The van der Waals surface area contributed by atoms with Crippen molar-refractivity contribution in [2.24, 2.45) is 4.99 Å². The van der Waals surface area contributed by atoms with Crippen LogP contribution in [0.1, 0.15) is 18.0 Å². The predicted molar refractivity (Wildman–Crippen MR) is 121 cm³/mol. The van der Waals surface area contributed by atoms with Gasteiger partial charge in [0.2, 0.25) is 0 Å². The second kappa shape index (κ2) is 7.90. The fourth-order valence-electron chi connectivity index (χ4n) is 3.22. The molecule has 0 aromatic heterocycles. The van der Waals surface area contributed by atoms with Gasteiger partial charge in [0.25, 0.3) is 0 Å². The van der Waals surface area contributed by atoms with E-state index in [9.17, 15) is 0 Å². The van der Waals surface area contributed by atoms with Crippen molar-refractivity contribution in [3.05, 3.63) is 87.0 Å². The Balaban J connectivity index is 1.69. The summed E-state index contributed by atoms with van der Waals surface area (Å²) >= 11 is 8.33. The van der Waals surface area contributed by atoms with Crippen molar-refractivity contribution in [3.63, 3.8) is 0 Å². The molecule has 1 aliphatic rings. The fourth-order valence-corrected chi connectivity index (χ4v) is 3.70. The first kappa shape index (κ1) is 18.3. The summed E-state index contributed by atoms with van der Waals surface area (Å²) < 4.78 is 6.53. The molecule has 4 rings (SSSR count). The van der Waals surface area contributed by atoms with Crippen molar-refractivity contribution < 1.29 is 4.74 Å². The molecule has 1 unspecified atom stereocenters. The summed E-state index contributed by atoms with van der Waals surface area (Å²) in [7, 11) is 1.68. The maximum atomic E-state index is 5.99. The molecule has 0 radical (unpaired) electrons. The van der Waals surface area contributed by atoms with Crippen LogP contribution in [0.15, 0.2) is 77.8 Å². The van der Waals surface area contributed by atoms with Crippen LogP contribution < -0.4 is 9.64 Å². The van der Waals surface area contributed by atoms with Crippen LogP contribution in [0.5, 0.6) is 5.75 Å². The number of rotatable bonds is 4. The third-order valence-corrected chi connectivity index (χ3v) is 5.63.